The Kier molecular flexibility index (Phi) is 5.25. The number of methoxy groups -OCH3 is 1. The molecule has 7 heteroatoms. The summed E-state index contributed by atoms with van der Waals surface area (Å²) in [5, 5.41) is 11.1. The highest BCUT2D eigenvalue weighted by Gasteiger charge is 2.53. The molecule has 6 rings (SSSR count). The number of carbonyl (C=O) groups excluding carboxylic acids is 1. The van der Waals surface area contributed by atoms with E-state index in [-0.39, 0.29) is 11.9 Å². The van der Waals surface area contributed by atoms with Crippen molar-refractivity contribution in [1.82, 2.24) is 20.5 Å². The van der Waals surface area contributed by atoms with Gasteiger partial charge in [-0.3, -0.25) is 9.89 Å². The number of aromatic amines is 1. The molecule has 1 amide bonds. The zero-order chi connectivity index (χ0) is 20.7. The van der Waals surface area contributed by atoms with Crippen LogP contribution in [0.3, 0.4) is 0 Å². The summed E-state index contributed by atoms with van der Waals surface area (Å²) in [6.07, 6.45) is 8.20. The van der Waals surface area contributed by atoms with Gasteiger partial charge >= 0.3 is 0 Å². The molecule has 30 heavy (non-hydrogen) atoms. The average Bonchev–Trinajstić information content (AvgIpc) is 3.20. The van der Waals surface area contributed by atoms with Crippen molar-refractivity contribution in [3.63, 3.8) is 0 Å². The molecule has 6 nitrogen and oxygen atoms in total. The number of rotatable bonds is 7. The molecule has 0 radical (unpaired) electrons. The van der Waals surface area contributed by atoms with Crippen LogP contribution >= 0.6 is 11.8 Å². The molecular formula is C23H30N4O2S. The number of hydrogen-bond donors (Lipinski definition) is 2. The van der Waals surface area contributed by atoms with Gasteiger partial charge < -0.3 is 10.1 Å². The van der Waals surface area contributed by atoms with Gasteiger partial charge in [0.25, 0.3) is 0 Å². The molecule has 4 saturated carbocycles. The summed E-state index contributed by atoms with van der Waals surface area (Å²) in [5.41, 5.74) is 1.27. The molecule has 1 aromatic heterocycles. The first-order chi connectivity index (χ1) is 14.5. The van der Waals surface area contributed by atoms with Gasteiger partial charge in [0.1, 0.15) is 5.75 Å². The summed E-state index contributed by atoms with van der Waals surface area (Å²) in [6.45, 7) is 2.23. The molecule has 1 aromatic carbocycles. The molecule has 2 aromatic rings. The first-order valence-electron chi connectivity index (χ1n) is 11.0. The van der Waals surface area contributed by atoms with Gasteiger partial charge in [0.15, 0.2) is 5.82 Å². The molecule has 1 unspecified atom stereocenters. The fraction of sp³-hybridized carbons (Fsp3) is 0.609. The van der Waals surface area contributed by atoms with E-state index in [9.17, 15) is 4.79 Å². The van der Waals surface area contributed by atoms with Crippen molar-refractivity contribution in [2.45, 2.75) is 56.6 Å². The number of H-pyrrole nitrogens is 1. The summed E-state index contributed by atoms with van der Waals surface area (Å²) in [7, 11) is 1.65. The van der Waals surface area contributed by atoms with Gasteiger partial charge in [0, 0.05) is 11.6 Å². The van der Waals surface area contributed by atoms with Crippen LogP contribution < -0.4 is 10.1 Å². The van der Waals surface area contributed by atoms with Crippen LogP contribution in [0.4, 0.5) is 0 Å². The van der Waals surface area contributed by atoms with E-state index in [1.54, 1.807) is 7.11 Å². The first kappa shape index (κ1) is 19.9. The third-order valence-electron chi connectivity index (χ3n) is 7.54. The molecule has 4 fully saturated rings. The number of nitrogens with one attached hydrogen (secondary N) is 2. The van der Waals surface area contributed by atoms with Crippen molar-refractivity contribution in [2.75, 3.05) is 12.9 Å². The van der Waals surface area contributed by atoms with Gasteiger partial charge in [-0.2, -0.15) is 0 Å². The Morgan fingerprint density at radius 1 is 1.20 bits per heavy atom. The van der Waals surface area contributed by atoms with Gasteiger partial charge in [-0.15, -0.1) is 5.10 Å². The Balaban J connectivity index is 1.15. The van der Waals surface area contributed by atoms with E-state index >= 15 is 0 Å². The molecule has 4 aliphatic rings. The lowest BCUT2D eigenvalue weighted by molar-refractivity contribution is -0.123. The van der Waals surface area contributed by atoms with E-state index in [0.29, 0.717) is 22.1 Å². The minimum absolute atomic E-state index is 0.0824. The maximum Gasteiger partial charge on any atom is 0.230 e. The van der Waals surface area contributed by atoms with Gasteiger partial charge in [-0.1, -0.05) is 11.8 Å². The normalized spacial score (nSPS) is 30.3. The van der Waals surface area contributed by atoms with Crippen molar-refractivity contribution in [3.05, 3.63) is 24.3 Å². The predicted molar refractivity (Wildman–Crippen MR) is 117 cm³/mol. The lowest BCUT2D eigenvalue weighted by Crippen LogP contribution is -2.56. The second-order valence-corrected chi connectivity index (χ2v) is 10.5. The summed E-state index contributed by atoms with van der Waals surface area (Å²) in [4.78, 5) is 17.2. The smallest absolute Gasteiger partial charge is 0.230 e. The Labute approximate surface area is 182 Å². The number of carbonyl (C=O) groups is 1. The van der Waals surface area contributed by atoms with Crippen LogP contribution in [-0.2, 0) is 4.79 Å². The molecule has 0 saturated heterocycles. The standard InChI is InChI=1S/C23H30N4O2S/c1-14(23-10-15-7-16(11-23)9-17(8-15)12-23)24-20(28)13-30-22-25-21(26-27-22)18-3-5-19(29-2)6-4-18/h3-6,14-17H,7-13H2,1-2H3,(H,24,28)(H,25,26,27). The number of thioether (sulfide) groups is 1. The predicted octanol–water partition coefficient (Wildman–Crippen LogP) is 4.29. The lowest BCUT2D eigenvalue weighted by atomic mass is 9.48. The monoisotopic (exact) mass is 426 g/mol. The molecule has 1 heterocycles. The number of aromatic nitrogens is 3. The summed E-state index contributed by atoms with van der Waals surface area (Å²) in [5.74, 6) is 4.62. The first-order valence-corrected chi connectivity index (χ1v) is 12.0. The average molecular weight is 427 g/mol. The van der Waals surface area contributed by atoms with Crippen molar-refractivity contribution in [2.24, 2.45) is 23.2 Å². The Hall–Kier alpha value is -2.02. The highest BCUT2D eigenvalue weighted by molar-refractivity contribution is 7.99. The van der Waals surface area contributed by atoms with Crippen LogP contribution in [0.5, 0.6) is 5.75 Å². The van der Waals surface area contributed by atoms with Crippen LogP contribution in [0.25, 0.3) is 11.4 Å². The van der Waals surface area contributed by atoms with Crippen LogP contribution in [0.15, 0.2) is 29.4 Å². The van der Waals surface area contributed by atoms with E-state index in [1.165, 1.54) is 50.3 Å². The topological polar surface area (TPSA) is 79.9 Å². The minimum Gasteiger partial charge on any atom is -0.497 e. The fourth-order valence-electron chi connectivity index (χ4n) is 6.46. The minimum atomic E-state index is 0.0824. The summed E-state index contributed by atoms with van der Waals surface area (Å²) in [6, 6.07) is 7.91. The van der Waals surface area contributed by atoms with Crippen molar-refractivity contribution >= 4 is 17.7 Å². The highest BCUT2D eigenvalue weighted by Crippen LogP contribution is 2.61. The number of nitrogens with zero attached hydrogens (tertiary/aromatic N) is 2. The summed E-state index contributed by atoms with van der Waals surface area (Å²) < 4.78 is 5.19. The van der Waals surface area contributed by atoms with Crippen molar-refractivity contribution in [3.8, 4) is 17.1 Å². The fourth-order valence-corrected chi connectivity index (χ4v) is 7.07. The SMILES string of the molecule is COc1ccc(-c2nc(SCC(=O)NC(C)C34CC5CC(CC(C5)C3)C4)n[nH]2)cc1. The van der Waals surface area contributed by atoms with E-state index < -0.39 is 0 Å². The Morgan fingerprint density at radius 3 is 2.43 bits per heavy atom. The van der Waals surface area contributed by atoms with Crippen LogP contribution in [0.1, 0.15) is 45.4 Å². The molecular weight excluding hydrogens is 396 g/mol. The molecule has 0 spiro atoms. The van der Waals surface area contributed by atoms with Crippen LogP contribution in [-0.4, -0.2) is 40.0 Å². The maximum atomic E-state index is 12.7. The van der Waals surface area contributed by atoms with Gasteiger partial charge in [-0.05, 0) is 92.9 Å². The molecule has 1 atom stereocenters. The molecule has 0 aliphatic heterocycles. The number of amides is 1. The second kappa shape index (κ2) is 7.91. The van der Waals surface area contributed by atoms with E-state index in [1.807, 2.05) is 24.3 Å². The van der Waals surface area contributed by atoms with E-state index in [2.05, 4.69) is 27.4 Å². The summed E-state index contributed by atoms with van der Waals surface area (Å²) >= 11 is 1.38. The maximum absolute atomic E-state index is 12.7. The van der Waals surface area contributed by atoms with Crippen LogP contribution in [0, 0.1) is 23.2 Å². The van der Waals surface area contributed by atoms with Crippen molar-refractivity contribution in [1.29, 1.82) is 0 Å². The number of benzene rings is 1. The van der Waals surface area contributed by atoms with E-state index in [0.717, 1.165) is 29.1 Å². The van der Waals surface area contributed by atoms with E-state index in [4.69, 9.17) is 4.74 Å². The number of hydrogen-bond acceptors (Lipinski definition) is 5. The largest absolute Gasteiger partial charge is 0.497 e. The Bertz CT molecular complexity index is 875. The third kappa shape index (κ3) is 3.84. The van der Waals surface area contributed by atoms with Crippen LogP contribution in [0.2, 0.25) is 0 Å². The molecule has 4 aliphatic carbocycles. The second-order valence-electron chi connectivity index (χ2n) is 9.55. The quantitative estimate of drug-likeness (QED) is 0.646. The highest BCUT2D eigenvalue weighted by atomic mass is 32.2. The molecule has 4 bridgehead atoms. The van der Waals surface area contributed by atoms with Gasteiger partial charge in [-0.25, -0.2) is 4.98 Å². The number of ether oxygens (including phenoxy) is 1. The Morgan fingerprint density at radius 2 is 1.83 bits per heavy atom. The van der Waals surface area contributed by atoms with Crippen molar-refractivity contribution < 1.29 is 9.53 Å². The zero-order valence-electron chi connectivity index (χ0n) is 17.7. The van der Waals surface area contributed by atoms with Gasteiger partial charge in [0.05, 0.1) is 12.9 Å². The molecule has 2 N–H and O–H groups in total. The van der Waals surface area contributed by atoms with Gasteiger partial charge in [0.2, 0.25) is 11.1 Å². The lowest BCUT2D eigenvalue weighted by Gasteiger charge is -2.59. The molecule has 160 valence electrons. The third-order valence-corrected chi connectivity index (χ3v) is 8.39. The zero-order valence-corrected chi connectivity index (χ0v) is 18.5.